The number of anilines is 1. The number of allylic oxidation sites excluding steroid dienone is 1. The summed E-state index contributed by atoms with van der Waals surface area (Å²) in [5, 5.41) is 2.35. The lowest BCUT2D eigenvalue weighted by Gasteiger charge is -2.34. The molecule has 3 aromatic rings. The second kappa shape index (κ2) is 25.3. The summed E-state index contributed by atoms with van der Waals surface area (Å²) in [7, 11) is 0. The second-order valence-corrected chi connectivity index (χ2v) is 19.4. The van der Waals surface area contributed by atoms with Crippen molar-refractivity contribution < 1.29 is 0 Å². The van der Waals surface area contributed by atoms with Crippen LogP contribution in [0.4, 0.5) is 5.69 Å². The highest BCUT2D eigenvalue weighted by atomic mass is 15.5. The minimum Gasteiger partial charge on any atom is -0.298 e. The Balaban J connectivity index is 1.34. The fourth-order valence-corrected chi connectivity index (χ4v) is 9.05. The van der Waals surface area contributed by atoms with E-state index < -0.39 is 0 Å². The van der Waals surface area contributed by atoms with Gasteiger partial charge in [0, 0.05) is 0 Å². The molecule has 0 radical (unpaired) electrons. The predicted molar refractivity (Wildman–Crippen MR) is 253 cm³/mol. The van der Waals surface area contributed by atoms with Crippen LogP contribution in [0.2, 0.25) is 0 Å². The van der Waals surface area contributed by atoms with Crippen molar-refractivity contribution in [2.45, 2.75) is 208 Å². The van der Waals surface area contributed by atoms with Crippen molar-refractivity contribution in [2.24, 2.45) is 5.41 Å². The third-order valence-electron chi connectivity index (χ3n) is 12.2. The highest BCUT2D eigenvalue weighted by molar-refractivity contribution is 5.59. The molecular formula is C55H84N2. The number of hydrazine groups is 1. The van der Waals surface area contributed by atoms with E-state index in [1.165, 1.54) is 175 Å². The quantitative estimate of drug-likeness (QED) is 0.0740. The summed E-state index contributed by atoms with van der Waals surface area (Å²) in [6.45, 7) is 16.4. The fraction of sp³-hybridized carbons (Fsp3) is 0.600. The molecule has 1 atom stereocenters. The minimum atomic E-state index is 0.118. The molecule has 0 saturated heterocycles. The first-order valence-electron chi connectivity index (χ1n) is 23.8. The topological polar surface area (TPSA) is 15.3 Å². The Kier molecular flexibility index (Phi) is 20.6. The van der Waals surface area contributed by atoms with Crippen molar-refractivity contribution in [2.75, 3.05) is 5.01 Å². The van der Waals surface area contributed by atoms with Gasteiger partial charge in [0.2, 0.25) is 0 Å². The molecule has 2 heteroatoms. The van der Waals surface area contributed by atoms with Gasteiger partial charge in [0.15, 0.2) is 0 Å². The van der Waals surface area contributed by atoms with Crippen LogP contribution in [0.1, 0.15) is 217 Å². The largest absolute Gasteiger partial charge is 0.298 e. The molecule has 0 bridgehead atoms. The molecule has 57 heavy (non-hydrogen) atoms. The number of rotatable bonds is 28. The lowest BCUT2D eigenvalue weighted by Crippen LogP contribution is -2.34. The summed E-state index contributed by atoms with van der Waals surface area (Å²) in [6.07, 6.45) is 38.2. The number of hydrogen-bond acceptors (Lipinski definition) is 2. The Hall–Kier alpha value is -3.26. The van der Waals surface area contributed by atoms with Crippen LogP contribution in [0.15, 0.2) is 90.6 Å². The van der Waals surface area contributed by atoms with E-state index in [0.29, 0.717) is 0 Å². The molecule has 4 rings (SSSR count). The number of hydrogen-bond donors (Lipinski definition) is 1. The Bertz CT molecular complexity index is 1550. The van der Waals surface area contributed by atoms with Crippen LogP contribution >= 0.6 is 0 Å². The summed E-state index contributed by atoms with van der Waals surface area (Å²) >= 11 is 0. The molecule has 0 saturated carbocycles. The molecule has 1 aliphatic heterocycles. The van der Waals surface area contributed by atoms with Gasteiger partial charge >= 0.3 is 0 Å². The third-order valence-corrected chi connectivity index (χ3v) is 12.2. The molecule has 1 aliphatic rings. The van der Waals surface area contributed by atoms with Crippen molar-refractivity contribution in [1.82, 2.24) is 5.43 Å². The fourth-order valence-electron chi connectivity index (χ4n) is 9.05. The van der Waals surface area contributed by atoms with Gasteiger partial charge in [-0.1, -0.05) is 231 Å². The minimum absolute atomic E-state index is 0.118. The van der Waals surface area contributed by atoms with E-state index in [-0.39, 0.29) is 16.9 Å². The van der Waals surface area contributed by atoms with Crippen LogP contribution in [0, 0.1) is 5.41 Å². The smallest absolute Gasteiger partial charge is 0.0958 e. The average molecular weight is 773 g/mol. The summed E-state index contributed by atoms with van der Waals surface area (Å²) in [5.41, 5.74) is 13.4. The third kappa shape index (κ3) is 17.6. The maximum atomic E-state index is 3.79. The van der Waals surface area contributed by atoms with Gasteiger partial charge in [-0.15, -0.1) is 0 Å². The molecule has 0 aromatic heterocycles. The molecule has 0 amide bonds. The zero-order chi connectivity index (χ0) is 40.8. The molecule has 0 aliphatic carbocycles. The van der Waals surface area contributed by atoms with Crippen LogP contribution in [0.25, 0.3) is 6.08 Å². The first kappa shape index (κ1) is 46.4. The summed E-state index contributed by atoms with van der Waals surface area (Å²) < 4.78 is 0. The Labute approximate surface area is 352 Å². The van der Waals surface area contributed by atoms with Gasteiger partial charge in [-0.3, -0.25) is 10.4 Å². The van der Waals surface area contributed by atoms with Gasteiger partial charge in [0.1, 0.15) is 0 Å². The highest BCUT2D eigenvalue weighted by Crippen LogP contribution is 2.38. The van der Waals surface area contributed by atoms with E-state index in [1.807, 2.05) is 0 Å². The van der Waals surface area contributed by atoms with Gasteiger partial charge in [-0.25, -0.2) is 0 Å². The molecule has 1 heterocycles. The first-order valence-corrected chi connectivity index (χ1v) is 23.8. The Morgan fingerprint density at radius 2 is 0.947 bits per heavy atom. The second-order valence-electron chi connectivity index (χ2n) is 19.4. The highest BCUT2D eigenvalue weighted by Gasteiger charge is 2.29. The molecule has 314 valence electrons. The van der Waals surface area contributed by atoms with E-state index in [2.05, 4.69) is 150 Å². The normalized spacial score (nSPS) is 14.8. The predicted octanol–water partition coefficient (Wildman–Crippen LogP) is 17.0. The number of unbranched alkanes of at least 4 members (excludes halogenated alkanes) is 18. The SMILES string of the molecule is CCCCCCCCCCCCc1ccc(C=CC2=CC(c3ccc(CCCCCCCCCCCC)cc3)N(c3ccc(C(C)(C)CC(C)(C)C)cc3)N2)cc1. The Morgan fingerprint density at radius 1 is 0.509 bits per heavy atom. The number of benzene rings is 3. The van der Waals surface area contributed by atoms with E-state index in [9.17, 15) is 0 Å². The van der Waals surface area contributed by atoms with Gasteiger partial charge < -0.3 is 0 Å². The molecule has 1 unspecified atom stereocenters. The van der Waals surface area contributed by atoms with Crippen LogP contribution in [0.3, 0.4) is 0 Å². The first-order chi connectivity index (χ1) is 27.6. The Morgan fingerprint density at radius 3 is 1.40 bits per heavy atom. The van der Waals surface area contributed by atoms with Crippen molar-refractivity contribution in [3.8, 4) is 0 Å². The van der Waals surface area contributed by atoms with Crippen molar-refractivity contribution in [3.05, 3.63) is 118 Å². The van der Waals surface area contributed by atoms with Crippen LogP contribution in [-0.4, -0.2) is 0 Å². The molecular weight excluding hydrogens is 689 g/mol. The monoisotopic (exact) mass is 773 g/mol. The summed E-state index contributed by atoms with van der Waals surface area (Å²) in [4.78, 5) is 0. The van der Waals surface area contributed by atoms with Crippen LogP contribution < -0.4 is 10.4 Å². The van der Waals surface area contributed by atoms with E-state index in [0.717, 1.165) is 12.1 Å². The lowest BCUT2D eigenvalue weighted by molar-refractivity contribution is 0.284. The van der Waals surface area contributed by atoms with Gasteiger partial charge in [0.25, 0.3) is 0 Å². The molecule has 0 spiro atoms. The maximum Gasteiger partial charge on any atom is 0.0958 e. The lowest BCUT2D eigenvalue weighted by atomic mass is 9.72. The zero-order valence-corrected chi connectivity index (χ0v) is 37.9. The standard InChI is InChI=1S/C55H84N2/c1-8-10-12-14-16-18-20-22-24-26-28-46-30-32-48(33-31-46)36-41-51-44-53(57(56-51)52-42-39-50(40-43-52)55(6,7)45-54(3,4)5)49-37-34-47(35-38-49)29-27-25-23-21-19-17-15-13-11-9-2/h30-44,53,56H,8-29,45H2,1-7H3. The number of aryl methyl sites for hydroxylation is 2. The van der Waals surface area contributed by atoms with Crippen molar-refractivity contribution >= 4 is 11.8 Å². The molecule has 3 aromatic carbocycles. The van der Waals surface area contributed by atoms with Gasteiger partial charge in [-0.2, -0.15) is 0 Å². The number of nitrogens with zero attached hydrogens (tertiary/aromatic N) is 1. The van der Waals surface area contributed by atoms with E-state index in [1.54, 1.807) is 0 Å². The average Bonchev–Trinajstić information content (AvgIpc) is 3.63. The molecule has 2 nitrogen and oxygen atoms in total. The summed E-state index contributed by atoms with van der Waals surface area (Å²) in [5.74, 6) is 0. The molecule has 1 N–H and O–H groups in total. The van der Waals surface area contributed by atoms with Gasteiger partial charge in [-0.05, 0) is 95.0 Å². The summed E-state index contributed by atoms with van der Waals surface area (Å²) in [6, 6.07) is 28.2. The van der Waals surface area contributed by atoms with E-state index >= 15 is 0 Å². The van der Waals surface area contributed by atoms with E-state index in [4.69, 9.17) is 0 Å². The zero-order valence-electron chi connectivity index (χ0n) is 37.9. The van der Waals surface area contributed by atoms with Crippen LogP contribution in [-0.2, 0) is 18.3 Å². The molecule has 0 fully saturated rings. The maximum absolute atomic E-state index is 3.79. The number of nitrogens with one attached hydrogen (secondary N) is 1. The van der Waals surface area contributed by atoms with Gasteiger partial charge in [0.05, 0.1) is 17.4 Å². The van der Waals surface area contributed by atoms with Crippen molar-refractivity contribution in [1.29, 1.82) is 0 Å². The van der Waals surface area contributed by atoms with Crippen LogP contribution in [0.5, 0.6) is 0 Å². The van der Waals surface area contributed by atoms with Crippen molar-refractivity contribution in [3.63, 3.8) is 0 Å².